The summed E-state index contributed by atoms with van der Waals surface area (Å²) < 4.78 is 0. The Morgan fingerprint density at radius 2 is 1.43 bits per heavy atom. The first-order valence-electron chi connectivity index (χ1n) is 6.49. The van der Waals surface area contributed by atoms with E-state index in [1.54, 1.807) is 6.07 Å². The number of nitrogens with zero attached hydrogens (tertiary/aromatic N) is 1. The highest BCUT2D eigenvalue weighted by Gasteiger charge is 2.19. The van der Waals surface area contributed by atoms with Gasteiger partial charge in [-0.05, 0) is 29.3 Å². The Kier molecular flexibility index (Phi) is 5.96. The number of imide groups is 1. The van der Waals surface area contributed by atoms with E-state index in [4.69, 9.17) is 10.2 Å². The largest absolute Gasteiger partial charge is 0.478 e. The van der Waals surface area contributed by atoms with Crippen LogP contribution in [0.3, 0.4) is 0 Å². The molecule has 2 amide bonds. The summed E-state index contributed by atoms with van der Waals surface area (Å²) in [5, 5.41) is 17.4. The number of carboxylic acids is 2. The van der Waals surface area contributed by atoms with Crippen LogP contribution in [0.15, 0.2) is 30.4 Å². The van der Waals surface area contributed by atoms with E-state index in [0.29, 0.717) is 11.1 Å². The van der Waals surface area contributed by atoms with Crippen LogP contribution in [-0.4, -0.2) is 34.0 Å². The minimum atomic E-state index is -1.18. The smallest absolute Gasteiger partial charge is 0.328 e. The highest BCUT2D eigenvalue weighted by atomic mass is 16.4. The van der Waals surface area contributed by atoms with Gasteiger partial charge in [0.25, 0.3) is 0 Å². The lowest BCUT2D eigenvalue weighted by Gasteiger charge is -2.20. The standard InChI is InChI=1S/C16H15NO6/c1-10(18)17(11(2)19)14-9-12(4-7-15(20)21)3-5-13(14)6-8-16(22)23/h3-9H,1-2H3,(H,20,21)(H,22,23)/b7-4+,8-6+. The van der Waals surface area contributed by atoms with E-state index >= 15 is 0 Å². The van der Waals surface area contributed by atoms with Crippen molar-refractivity contribution in [3.05, 3.63) is 41.5 Å². The number of amides is 2. The zero-order valence-corrected chi connectivity index (χ0v) is 12.5. The average molecular weight is 317 g/mol. The van der Waals surface area contributed by atoms with Gasteiger partial charge in [0.15, 0.2) is 0 Å². The second-order valence-electron chi connectivity index (χ2n) is 4.53. The van der Waals surface area contributed by atoms with Gasteiger partial charge in [0.05, 0.1) is 5.69 Å². The molecular weight excluding hydrogens is 302 g/mol. The zero-order chi connectivity index (χ0) is 17.6. The Morgan fingerprint density at radius 1 is 0.913 bits per heavy atom. The van der Waals surface area contributed by atoms with Gasteiger partial charge in [-0.3, -0.25) is 14.5 Å². The van der Waals surface area contributed by atoms with Crippen molar-refractivity contribution in [2.24, 2.45) is 0 Å². The normalized spacial score (nSPS) is 10.9. The molecule has 0 spiro atoms. The number of anilines is 1. The van der Waals surface area contributed by atoms with Gasteiger partial charge < -0.3 is 10.2 Å². The van der Waals surface area contributed by atoms with Gasteiger partial charge in [0.2, 0.25) is 11.8 Å². The zero-order valence-electron chi connectivity index (χ0n) is 12.5. The Balaban J connectivity index is 3.47. The summed E-state index contributed by atoms with van der Waals surface area (Å²) in [6.07, 6.45) is 4.35. The molecule has 0 radical (unpaired) electrons. The third kappa shape index (κ3) is 5.24. The van der Waals surface area contributed by atoms with Gasteiger partial charge in [0.1, 0.15) is 0 Å². The van der Waals surface area contributed by atoms with E-state index in [1.165, 1.54) is 38.1 Å². The monoisotopic (exact) mass is 317 g/mol. The molecule has 0 aliphatic rings. The molecule has 0 bridgehead atoms. The van der Waals surface area contributed by atoms with Crippen LogP contribution >= 0.6 is 0 Å². The summed E-state index contributed by atoms with van der Waals surface area (Å²) in [4.78, 5) is 45.5. The molecule has 120 valence electrons. The van der Waals surface area contributed by atoms with Crippen molar-refractivity contribution in [3.63, 3.8) is 0 Å². The second-order valence-corrected chi connectivity index (χ2v) is 4.53. The summed E-state index contributed by atoms with van der Waals surface area (Å²) in [5.41, 5.74) is 0.961. The Morgan fingerprint density at radius 3 is 1.91 bits per heavy atom. The summed E-state index contributed by atoms with van der Waals surface area (Å²) in [6.45, 7) is 2.40. The number of carbonyl (C=O) groups excluding carboxylic acids is 2. The molecule has 0 aliphatic heterocycles. The number of carboxylic acid groups (broad SMARTS) is 2. The van der Waals surface area contributed by atoms with E-state index < -0.39 is 23.8 Å². The fraction of sp³-hybridized carbons (Fsp3) is 0.125. The maximum absolute atomic E-state index is 11.7. The molecular formula is C16H15NO6. The van der Waals surface area contributed by atoms with Crippen molar-refractivity contribution in [1.29, 1.82) is 0 Å². The third-order valence-electron chi connectivity index (χ3n) is 2.75. The first kappa shape index (κ1) is 17.8. The molecule has 0 unspecified atom stereocenters. The molecule has 0 saturated heterocycles. The van der Waals surface area contributed by atoms with Crippen LogP contribution in [0.2, 0.25) is 0 Å². The molecule has 0 fully saturated rings. The van der Waals surface area contributed by atoms with Crippen molar-refractivity contribution in [2.75, 3.05) is 4.90 Å². The van der Waals surface area contributed by atoms with Gasteiger partial charge >= 0.3 is 11.9 Å². The molecule has 1 aromatic carbocycles. The average Bonchev–Trinajstić information content (AvgIpc) is 2.43. The Labute approximate surface area is 132 Å². The summed E-state index contributed by atoms with van der Waals surface area (Å²) >= 11 is 0. The van der Waals surface area contributed by atoms with Crippen molar-refractivity contribution < 1.29 is 29.4 Å². The van der Waals surface area contributed by atoms with E-state index in [-0.39, 0.29) is 5.69 Å². The molecule has 1 aromatic rings. The summed E-state index contributed by atoms with van der Waals surface area (Å²) in [7, 11) is 0. The lowest BCUT2D eigenvalue weighted by Crippen LogP contribution is -2.33. The predicted octanol–water partition coefficient (Wildman–Crippen LogP) is 1.78. The van der Waals surface area contributed by atoms with Crippen LogP contribution in [0.5, 0.6) is 0 Å². The van der Waals surface area contributed by atoms with Gasteiger partial charge in [-0.1, -0.05) is 12.1 Å². The fourth-order valence-corrected chi connectivity index (χ4v) is 1.89. The molecule has 2 N–H and O–H groups in total. The van der Waals surface area contributed by atoms with Crippen LogP contribution in [0.25, 0.3) is 12.2 Å². The molecule has 23 heavy (non-hydrogen) atoms. The van der Waals surface area contributed by atoms with E-state index in [2.05, 4.69) is 0 Å². The summed E-state index contributed by atoms with van der Waals surface area (Å²) in [6, 6.07) is 4.47. The van der Waals surface area contributed by atoms with Crippen molar-refractivity contribution in [1.82, 2.24) is 0 Å². The Hall–Kier alpha value is -3.22. The highest BCUT2D eigenvalue weighted by Crippen LogP contribution is 2.25. The van der Waals surface area contributed by atoms with Crippen LogP contribution in [0, 0.1) is 0 Å². The molecule has 7 nitrogen and oxygen atoms in total. The van der Waals surface area contributed by atoms with Crippen LogP contribution in [-0.2, 0) is 19.2 Å². The lowest BCUT2D eigenvalue weighted by atomic mass is 10.1. The first-order valence-corrected chi connectivity index (χ1v) is 6.49. The maximum Gasteiger partial charge on any atom is 0.328 e. The number of rotatable bonds is 5. The topological polar surface area (TPSA) is 112 Å². The van der Waals surface area contributed by atoms with Crippen LogP contribution in [0.1, 0.15) is 25.0 Å². The van der Waals surface area contributed by atoms with E-state index in [0.717, 1.165) is 17.1 Å². The maximum atomic E-state index is 11.7. The van der Waals surface area contributed by atoms with Gasteiger partial charge in [0, 0.05) is 26.0 Å². The molecule has 0 atom stereocenters. The number of aliphatic carboxylic acids is 2. The molecule has 0 aromatic heterocycles. The number of benzene rings is 1. The van der Waals surface area contributed by atoms with Crippen LogP contribution in [0.4, 0.5) is 5.69 Å². The SMILES string of the molecule is CC(=O)N(C(C)=O)c1cc(/C=C/C(=O)O)ccc1/C=C/C(=O)O. The minimum absolute atomic E-state index is 0.176. The van der Waals surface area contributed by atoms with Gasteiger partial charge in [-0.15, -0.1) is 0 Å². The van der Waals surface area contributed by atoms with Crippen molar-refractivity contribution >= 4 is 41.6 Å². The van der Waals surface area contributed by atoms with Crippen LogP contribution < -0.4 is 4.90 Å². The first-order chi connectivity index (χ1) is 10.7. The highest BCUT2D eigenvalue weighted by molar-refractivity contribution is 6.14. The predicted molar refractivity (Wildman–Crippen MR) is 83.6 cm³/mol. The number of carbonyl (C=O) groups is 4. The van der Waals surface area contributed by atoms with Gasteiger partial charge in [-0.25, -0.2) is 9.59 Å². The summed E-state index contributed by atoms with van der Waals surface area (Å²) in [5.74, 6) is -3.40. The Bertz CT molecular complexity index is 703. The van der Waals surface area contributed by atoms with Gasteiger partial charge in [-0.2, -0.15) is 0 Å². The minimum Gasteiger partial charge on any atom is -0.478 e. The van der Waals surface area contributed by atoms with E-state index in [1.807, 2.05) is 0 Å². The third-order valence-corrected chi connectivity index (χ3v) is 2.75. The van der Waals surface area contributed by atoms with E-state index in [9.17, 15) is 19.2 Å². The quantitative estimate of drug-likeness (QED) is 0.801. The molecule has 1 rings (SSSR count). The molecule has 0 aliphatic carbocycles. The van der Waals surface area contributed by atoms with Crippen molar-refractivity contribution in [2.45, 2.75) is 13.8 Å². The molecule has 7 heteroatoms. The lowest BCUT2D eigenvalue weighted by molar-refractivity contribution is -0.132. The molecule has 0 saturated carbocycles. The van der Waals surface area contributed by atoms with Crippen molar-refractivity contribution in [3.8, 4) is 0 Å². The second kappa shape index (κ2) is 7.69. The molecule has 0 heterocycles. The number of hydrogen-bond donors (Lipinski definition) is 2. The fourth-order valence-electron chi connectivity index (χ4n) is 1.89. The number of hydrogen-bond acceptors (Lipinski definition) is 4.